The number of thiophene rings is 1. The summed E-state index contributed by atoms with van der Waals surface area (Å²) in [6, 6.07) is 3.68. The van der Waals surface area contributed by atoms with E-state index in [1.54, 1.807) is 17.4 Å². The molecule has 2 rings (SSSR count). The average molecular weight is 273 g/mol. The fourth-order valence-corrected chi connectivity index (χ4v) is 3.06. The standard InChI is InChI=1S/C10H9BrO2S/c11-3-7-5-14-8-2-1-6(4-12)10(13)9(7)8/h1-2,5,12-13H,3-4H2. The van der Waals surface area contributed by atoms with E-state index in [2.05, 4.69) is 15.9 Å². The van der Waals surface area contributed by atoms with E-state index in [1.165, 1.54) is 0 Å². The van der Waals surface area contributed by atoms with Gasteiger partial charge < -0.3 is 10.2 Å². The van der Waals surface area contributed by atoms with E-state index in [0.29, 0.717) is 5.56 Å². The van der Waals surface area contributed by atoms with E-state index in [4.69, 9.17) is 5.11 Å². The highest BCUT2D eigenvalue weighted by Gasteiger charge is 2.10. The van der Waals surface area contributed by atoms with Gasteiger partial charge in [-0.2, -0.15) is 0 Å². The molecular weight excluding hydrogens is 264 g/mol. The normalized spacial score (nSPS) is 11.0. The molecule has 1 aromatic heterocycles. The van der Waals surface area contributed by atoms with E-state index in [9.17, 15) is 5.11 Å². The molecule has 1 heterocycles. The van der Waals surface area contributed by atoms with Crippen molar-refractivity contribution in [1.82, 2.24) is 0 Å². The molecule has 2 aromatic rings. The van der Waals surface area contributed by atoms with Gasteiger partial charge in [-0.05, 0) is 17.0 Å². The number of phenols is 1. The van der Waals surface area contributed by atoms with Gasteiger partial charge in [-0.3, -0.25) is 0 Å². The molecule has 0 fully saturated rings. The maximum absolute atomic E-state index is 9.88. The first-order chi connectivity index (χ1) is 6.77. The first kappa shape index (κ1) is 9.96. The van der Waals surface area contributed by atoms with E-state index >= 15 is 0 Å². The third kappa shape index (κ3) is 1.43. The molecule has 2 nitrogen and oxygen atoms in total. The lowest BCUT2D eigenvalue weighted by atomic mass is 10.1. The summed E-state index contributed by atoms with van der Waals surface area (Å²) < 4.78 is 1.05. The molecule has 14 heavy (non-hydrogen) atoms. The molecular formula is C10H9BrO2S. The van der Waals surface area contributed by atoms with Crippen molar-refractivity contribution >= 4 is 37.4 Å². The second-order valence-electron chi connectivity index (χ2n) is 3.00. The molecule has 0 bridgehead atoms. The van der Waals surface area contributed by atoms with E-state index in [0.717, 1.165) is 21.0 Å². The van der Waals surface area contributed by atoms with Crippen LogP contribution in [0.5, 0.6) is 5.75 Å². The lowest BCUT2D eigenvalue weighted by molar-refractivity contribution is 0.276. The summed E-state index contributed by atoms with van der Waals surface area (Å²) in [6.07, 6.45) is 0. The average Bonchev–Trinajstić information content (AvgIpc) is 2.62. The van der Waals surface area contributed by atoms with Crippen molar-refractivity contribution in [2.24, 2.45) is 0 Å². The van der Waals surface area contributed by atoms with Crippen molar-refractivity contribution in [3.63, 3.8) is 0 Å². The molecule has 0 unspecified atom stereocenters. The minimum absolute atomic E-state index is 0.126. The van der Waals surface area contributed by atoms with Crippen LogP contribution in [0.3, 0.4) is 0 Å². The number of hydrogen-bond donors (Lipinski definition) is 2. The second-order valence-corrected chi connectivity index (χ2v) is 4.47. The Kier molecular flexibility index (Phi) is 2.76. The second kappa shape index (κ2) is 3.88. The van der Waals surface area contributed by atoms with Crippen LogP contribution in [0.15, 0.2) is 17.5 Å². The van der Waals surface area contributed by atoms with Gasteiger partial charge in [0.25, 0.3) is 0 Å². The van der Waals surface area contributed by atoms with Gasteiger partial charge in [-0.15, -0.1) is 11.3 Å². The Labute approximate surface area is 93.9 Å². The third-order valence-corrected chi connectivity index (χ3v) is 3.79. The van der Waals surface area contributed by atoms with Gasteiger partial charge in [0.15, 0.2) is 0 Å². The van der Waals surface area contributed by atoms with Gasteiger partial charge in [0.05, 0.1) is 6.61 Å². The molecule has 0 atom stereocenters. The zero-order valence-electron chi connectivity index (χ0n) is 7.33. The van der Waals surface area contributed by atoms with Gasteiger partial charge in [-0.1, -0.05) is 22.0 Å². The van der Waals surface area contributed by atoms with Crippen LogP contribution in [0, 0.1) is 0 Å². The highest BCUT2D eigenvalue weighted by Crippen LogP contribution is 2.36. The van der Waals surface area contributed by atoms with Crippen LogP contribution >= 0.6 is 27.3 Å². The van der Waals surface area contributed by atoms with Crippen LogP contribution in [-0.4, -0.2) is 10.2 Å². The molecule has 0 aliphatic heterocycles. The first-order valence-electron chi connectivity index (χ1n) is 4.15. The zero-order chi connectivity index (χ0) is 10.1. The van der Waals surface area contributed by atoms with Crippen molar-refractivity contribution < 1.29 is 10.2 Å². The van der Waals surface area contributed by atoms with Crippen LogP contribution < -0.4 is 0 Å². The van der Waals surface area contributed by atoms with Crippen LogP contribution in [-0.2, 0) is 11.9 Å². The number of hydrogen-bond acceptors (Lipinski definition) is 3. The fourth-order valence-electron chi connectivity index (χ4n) is 1.44. The Morgan fingerprint density at radius 2 is 2.07 bits per heavy atom. The van der Waals surface area contributed by atoms with Gasteiger partial charge in [0.2, 0.25) is 0 Å². The SMILES string of the molecule is OCc1ccc2scc(CBr)c2c1O. The summed E-state index contributed by atoms with van der Waals surface area (Å²) >= 11 is 4.97. The van der Waals surface area contributed by atoms with Gasteiger partial charge in [-0.25, -0.2) is 0 Å². The number of fused-ring (bicyclic) bond motifs is 1. The molecule has 0 aliphatic carbocycles. The molecule has 4 heteroatoms. The van der Waals surface area contributed by atoms with Crippen molar-refractivity contribution in [3.05, 3.63) is 28.6 Å². The molecule has 0 saturated carbocycles. The zero-order valence-corrected chi connectivity index (χ0v) is 9.73. The van der Waals surface area contributed by atoms with Gasteiger partial charge >= 0.3 is 0 Å². The Balaban J connectivity index is 2.77. The molecule has 0 spiro atoms. The maximum atomic E-state index is 9.88. The third-order valence-electron chi connectivity index (χ3n) is 2.19. The smallest absolute Gasteiger partial charge is 0.130 e. The summed E-state index contributed by atoms with van der Waals surface area (Å²) in [7, 11) is 0. The largest absolute Gasteiger partial charge is 0.507 e. The molecule has 0 amide bonds. The summed E-state index contributed by atoms with van der Waals surface area (Å²) in [4.78, 5) is 0. The highest BCUT2D eigenvalue weighted by atomic mass is 79.9. The lowest BCUT2D eigenvalue weighted by Crippen LogP contribution is -1.85. The minimum Gasteiger partial charge on any atom is -0.507 e. The van der Waals surface area contributed by atoms with Crippen LogP contribution in [0.2, 0.25) is 0 Å². The Morgan fingerprint density at radius 1 is 1.29 bits per heavy atom. The summed E-state index contributed by atoms with van der Waals surface area (Å²) in [6.45, 7) is -0.126. The monoisotopic (exact) mass is 272 g/mol. The maximum Gasteiger partial charge on any atom is 0.130 e. The highest BCUT2D eigenvalue weighted by molar-refractivity contribution is 9.08. The number of halogens is 1. The van der Waals surface area contributed by atoms with Gasteiger partial charge in [0, 0.05) is 21.0 Å². The van der Waals surface area contributed by atoms with Crippen LogP contribution in [0.4, 0.5) is 0 Å². The van der Waals surface area contributed by atoms with Crippen molar-refractivity contribution in [2.45, 2.75) is 11.9 Å². The Hall–Kier alpha value is -0.580. The number of alkyl halides is 1. The number of aromatic hydroxyl groups is 1. The molecule has 1 aromatic carbocycles. The van der Waals surface area contributed by atoms with Crippen molar-refractivity contribution in [1.29, 1.82) is 0 Å². The van der Waals surface area contributed by atoms with E-state index in [1.807, 2.05) is 11.4 Å². The fraction of sp³-hybridized carbons (Fsp3) is 0.200. The Bertz CT molecular complexity index is 464. The molecule has 0 saturated heterocycles. The molecule has 0 aliphatic rings. The number of aliphatic hydroxyl groups excluding tert-OH is 1. The first-order valence-corrected chi connectivity index (χ1v) is 6.15. The topological polar surface area (TPSA) is 40.5 Å². The number of benzene rings is 1. The van der Waals surface area contributed by atoms with Crippen LogP contribution in [0.25, 0.3) is 10.1 Å². The van der Waals surface area contributed by atoms with E-state index < -0.39 is 0 Å². The predicted octanol–water partition coefficient (Wildman–Crippen LogP) is 2.99. The number of aliphatic hydroxyl groups is 1. The number of rotatable bonds is 2. The van der Waals surface area contributed by atoms with E-state index in [-0.39, 0.29) is 12.4 Å². The quantitative estimate of drug-likeness (QED) is 0.826. The molecule has 2 N–H and O–H groups in total. The van der Waals surface area contributed by atoms with Gasteiger partial charge in [0.1, 0.15) is 5.75 Å². The van der Waals surface area contributed by atoms with Crippen LogP contribution in [0.1, 0.15) is 11.1 Å². The Morgan fingerprint density at radius 3 is 2.71 bits per heavy atom. The summed E-state index contributed by atoms with van der Waals surface area (Å²) in [5.41, 5.74) is 1.65. The summed E-state index contributed by atoms with van der Waals surface area (Å²) in [5.74, 6) is 0.209. The summed E-state index contributed by atoms with van der Waals surface area (Å²) in [5, 5.41) is 22.5. The molecule has 74 valence electrons. The lowest BCUT2D eigenvalue weighted by Gasteiger charge is -2.03. The van der Waals surface area contributed by atoms with Crippen molar-refractivity contribution in [2.75, 3.05) is 0 Å². The predicted molar refractivity (Wildman–Crippen MR) is 62.0 cm³/mol. The molecule has 0 radical (unpaired) electrons. The minimum atomic E-state index is -0.126. The van der Waals surface area contributed by atoms with Crippen molar-refractivity contribution in [3.8, 4) is 5.75 Å².